The Morgan fingerprint density at radius 1 is 1.30 bits per heavy atom. The molecule has 7 heteroatoms. The van der Waals surface area contributed by atoms with Crippen LogP contribution in [-0.4, -0.2) is 36.4 Å². The van der Waals surface area contributed by atoms with E-state index in [-0.39, 0.29) is 23.8 Å². The zero-order chi connectivity index (χ0) is 16.9. The van der Waals surface area contributed by atoms with Crippen LogP contribution in [0.25, 0.3) is 0 Å². The average Bonchev–Trinajstić information content (AvgIpc) is 3.00. The molecular formula is C16H20N2O5. The summed E-state index contributed by atoms with van der Waals surface area (Å²) in [6.07, 6.45) is 0.255. The van der Waals surface area contributed by atoms with Gasteiger partial charge in [-0.1, -0.05) is 0 Å². The van der Waals surface area contributed by atoms with Gasteiger partial charge in [0, 0.05) is 6.54 Å². The number of phenols is 1. The Kier molecular flexibility index (Phi) is 3.39. The van der Waals surface area contributed by atoms with Crippen molar-refractivity contribution < 1.29 is 24.2 Å². The molecule has 0 radical (unpaired) electrons. The van der Waals surface area contributed by atoms with Crippen molar-refractivity contribution in [2.24, 2.45) is 0 Å². The van der Waals surface area contributed by atoms with Crippen LogP contribution in [0, 0.1) is 0 Å². The third-order valence-electron chi connectivity index (χ3n) is 3.89. The molecule has 0 atom stereocenters. The number of hydrogen-bond donors (Lipinski definition) is 2. The van der Waals surface area contributed by atoms with Crippen LogP contribution < -0.4 is 15.0 Å². The fourth-order valence-corrected chi connectivity index (χ4v) is 3.06. The Labute approximate surface area is 134 Å². The highest BCUT2D eigenvalue weighted by Crippen LogP contribution is 2.52. The first kappa shape index (κ1) is 15.5. The first-order valence-corrected chi connectivity index (χ1v) is 7.48. The van der Waals surface area contributed by atoms with Crippen LogP contribution in [0.15, 0.2) is 0 Å². The van der Waals surface area contributed by atoms with Crippen molar-refractivity contribution >= 4 is 23.4 Å². The molecule has 2 aliphatic heterocycles. The number of benzene rings is 1. The van der Waals surface area contributed by atoms with Crippen molar-refractivity contribution in [3.05, 3.63) is 11.1 Å². The molecule has 23 heavy (non-hydrogen) atoms. The molecule has 2 amide bonds. The van der Waals surface area contributed by atoms with Gasteiger partial charge in [-0.25, -0.2) is 4.79 Å². The Bertz CT molecular complexity index is 706. The van der Waals surface area contributed by atoms with E-state index < -0.39 is 11.7 Å². The van der Waals surface area contributed by atoms with Crippen LogP contribution in [0.4, 0.5) is 16.2 Å². The predicted octanol–water partition coefficient (Wildman–Crippen LogP) is 2.19. The summed E-state index contributed by atoms with van der Waals surface area (Å²) < 4.78 is 10.6. The molecule has 0 saturated carbocycles. The zero-order valence-electron chi connectivity index (χ0n) is 13.6. The number of hydrogen-bond acceptors (Lipinski definition) is 5. The van der Waals surface area contributed by atoms with Gasteiger partial charge < -0.3 is 19.9 Å². The van der Waals surface area contributed by atoms with Gasteiger partial charge >= 0.3 is 6.09 Å². The Hall–Kier alpha value is -2.44. The van der Waals surface area contributed by atoms with Crippen molar-refractivity contribution in [1.29, 1.82) is 0 Å². The molecule has 0 spiro atoms. The molecule has 0 aliphatic carbocycles. The lowest BCUT2D eigenvalue weighted by Crippen LogP contribution is -2.35. The van der Waals surface area contributed by atoms with E-state index in [1.54, 1.807) is 20.8 Å². The van der Waals surface area contributed by atoms with Crippen LogP contribution in [0.5, 0.6) is 11.5 Å². The van der Waals surface area contributed by atoms with E-state index in [0.717, 1.165) is 11.1 Å². The van der Waals surface area contributed by atoms with Crippen LogP contribution in [0.3, 0.4) is 0 Å². The fourth-order valence-electron chi connectivity index (χ4n) is 3.06. The number of carbonyl (C=O) groups excluding carboxylic acids is 2. The number of amides is 2. The van der Waals surface area contributed by atoms with E-state index in [2.05, 4.69) is 5.32 Å². The van der Waals surface area contributed by atoms with E-state index in [1.807, 2.05) is 0 Å². The normalized spacial score (nSPS) is 16.0. The molecule has 0 fully saturated rings. The summed E-state index contributed by atoms with van der Waals surface area (Å²) in [5.41, 5.74) is 1.83. The third-order valence-corrected chi connectivity index (χ3v) is 3.89. The van der Waals surface area contributed by atoms with Gasteiger partial charge in [0.05, 0.1) is 24.9 Å². The number of nitrogens with zero attached hydrogens (tertiary/aromatic N) is 1. The summed E-state index contributed by atoms with van der Waals surface area (Å²) in [5, 5.41) is 13.3. The van der Waals surface area contributed by atoms with Crippen molar-refractivity contribution in [3.63, 3.8) is 0 Å². The largest absolute Gasteiger partial charge is 0.503 e. The quantitative estimate of drug-likeness (QED) is 0.828. The van der Waals surface area contributed by atoms with Crippen molar-refractivity contribution in [1.82, 2.24) is 0 Å². The molecule has 3 rings (SSSR count). The lowest BCUT2D eigenvalue weighted by Gasteiger charge is -2.25. The highest BCUT2D eigenvalue weighted by atomic mass is 16.6. The maximum absolute atomic E-state index is 12.4. The third kappa shape index (κ3) is 2.46. The van der Waals surface area contributed by atoms with Crippen LogP contribution >= 0.6 is 0 Å². The van der Waals surface area contributed by atoms with E-state index in [0.29, 0.717) is 24.3 Å². The number of aromatic hydroxyl groups is 1. The standard InChI is InChI=1S/C16H20N2O5/c1-16(2,3)23-15(21)18-6-5-8-9-7-10(19)17-11(9)14(22-4)13(20)12(8)18/h20H,5-7H2,1-4H3,(H,17,19). The highest BCUT2D eigenvalue weighted by molar-refractivity contribution is 6.06. The molecule has 2 aliphatic rings. The molecule has 0 saturated heterocycles. The van der Waals surface area contributed by atoms with E-state index in [4.69, 9.17) is 9.47 Å². The second-order valence-corrected chi connectivity index (χ2v) is 6.67. The fraction of sp³-hybridized carbons (Fsp3) is 0.500. The van der Waals surface area contributed by atoms with Gasteiger partial charge in [-0.05, 0) is 38.3 Å². The van der Waals surface area contributed by atoms with Crippen molar-refractivity contribution in [3.8, 4) is 11.5 Å². The minimum absolute atomic E-state index is 0.146. The number of fused-ring (bicyclic) bond motifs is 3. The van der Waals surface area contributed by atoms with E-state index >= 15 is 0 Å². The number of methoxy groups -OCH3 is 1. The molecule has 0 unspecified atom stereocenters. The summed E-state index contributed by atoms with van der Waals surface area (Å²) in [6.45, 7) is 5.75. The molecule has 2 heterocycles. The second kappa shape index (κ2) is 5.04. The summed E-state index contributed by atoms with van der Waals surface area (Å²) >= 11 is 0. The second-order valence-electron chi connectivity index (χ2n) is 6.67. The number of ether oxygens (including phenoxy) is 2. The maximum atomic E-state index is 12.4. The lowest BCUT2D eigenvalue weighted by atomic mass is 10.0. The zero-order valence-corrected chi connectivity index (χ0v) is 13.6. The molecule has 0 aromatic heterocycles. The molecule has 0 bridgehead atoms. The number of rotatable bonds is 1. The Balaban J connectivity index is 2.08. The van der Waals surface area contributed by atoms with Gasteiger partial charge in [-0.15, -0.1) is 0 Å². The van der Waals surface area contributed by atoms with E-state index in [1.165, 1.54) is 12.0 Å². The minimum atomic E-state index is -0.631. The summed E-state index contributed by atoms with van der Waals surface area (Å²) in [6, 6.07) is 0. The van der Waals surface area contributed by atoms with Gasteiger partial charge in [0.1, 0.15) is 5.60 Å². The highest BCUT2D eigenvalue weighted by Gasteiger charge is 2.38. The Morgan fingerprint density at radius 2 is 2.00 bits per heavy atom. The van der Waals surface area contributed by atoms with Crippen LogP contribution in [0.1, 0.15) is 31.9 Å². The maximum Gasteiger partial charge on any atom is 0.414 e. The van der Waals surface area contributed by atoms with Gasteiger partial charge in [0.15, 0.2) is 11.5 Å². The van der Waals surface area contributed by atoms with Crippen molar-refractivity contribution in [2.45, 2.75) is 39.2 Å². The molecule has 124 valence electrons. The minimum Gasteiger partial charge on any atom is -0.503 e. The molecule has 7 nitrogen and oxygen atoms in total. The summed E-state index contributed by atoms with van der Waals surface area (Å²) in [7, 11) is 1.42. The van der Waals surface area contributed by atoms with Crippen LogP contribution in [0.2, 0.25) is 0 Å². The lowest BCUT2D eigenvalue weighted by molar-refractivity contribution is -0.115. The summed E-state index contributed by atoms with van der Waals surface area (Å²) in [5.74, 6) is -0.117. The molecule has 2 N–H and O–H groups in total. The number of anilines is 2. The van der Waals surface area contributed by atoms with Crippen molar-refractivity contribution in [2.75, 3.05) is 23.9 Å². The van der Waals surface area contributed by atoms with Gasteiger partial charge in [0.2, 0.25) is 5.91 Å². The molecule has 1 aromatic carbocycles. The van der Waals surface area contributed by atoms with E-state index in [9.17, 15) is 14.7 Å². The van der Waals surface area contributed by atoms with Crippen LogP contribution in [-0.2, 0) is 22.4 Å². The van der Waals surface area contributed by atoms with Gasteiger partial charge in [0.25, 0.3) is 0 Å². The summed E-state index contributed by atoms with van der Waals surface area (Å²) in [4.78, 5) is 25.5. The Morgan fingerprint density at radius 3 is 2.61 bits per heavy atom. The monoisotopic (exact) mass is 320 g/mol. The average molecular weight is 320 g/mol. The van der Waals surface area contributed by atoms with Gasteiger partial charge in [-0.2, -0.15) is 0 Å². The molecular weight excluding hydrogens is 300 g/mol. The first-order chi connectivity index (χ1) is 10.7. The first-order valence-electron chi connectivity index (χ1n) is 7.48. The smallest absolute Gasteiger partial charge is 0.414 e. The predicted molar refractivity (Wildman–Crippen MR) is 84.3 cm³/mol. The van der Waals surface area contributed by atoms with Gasteiger partial charge in [-0.3, -0.25) is 9.69 Å². The topological polar surface area (TPSA) is 88.1 Å². The number of nitrogens with one attached hydrogen (secondary N) is 1. The SMILES string of the molecule is COc1c(O)c2c(c3c1NC(=O)C3)CCN2C(=O)OC(C)(C)C. The molecule has 1 aromatic rings. The number of phenolic OH excluding ortho intramolecular Hbond substituents is 1. The number of carbonyl (C=O) groups is 2.